The van der Waals surface area contributed by atoms with Gasteiger partial charge in [0, 0.05) is 18.0 Å². The number of halogens is 1. The first-order valence-corrected chi connectivity index (χ1v) is 7.20. The second kappa shape index (κ2) is 7.81. The van der Waals surface area contributed by atoms with E-state index >= 15 is 0 Å². The molecule has 0 saturated carbocycles. The maximum atomic E-state index is 12.1. The summed E-state index contributed by atoms with van der Waals surface area (Å²) in [5.41, 5.74) is -0.231. The molecule has 0 aliphatic rings. The van der Waals surface area contributed by atoms with Crippen LogP contribution in [0.2, 0.25) is 5.02 Å². The van der Waals surface area contributed by atoms with Crippen LogP contribution in [0.3, 0.4) is 0 Å². The Labute approximate surface area is 147 Å². The lowest BCUT2D eigenvalue weighted by Gasteiger charge is -2.06. The van der Waals surface area contributed by atoms with Crippen LogP contribution in [0.15, 0.2) is 54.2 Å². The summed E-state index contributed by atoms with van der Waals surface area (Å²) >= 11 is 5.70. The third kappa shape index (κ3) is 4.46. The largest absolute Gasteiger partial charge is 0.506 e. The fourth-order valence-electron chi connectivity index (χ4n) is 1.82. The lowest BCUT2D eigenvalue weighted by molar-refractivity contribution is -0.384. The minimum atomic E-state index is -0.776. The van der Waals surface area contributed by atoms with Crippen molar-refractivity contribution in [2.75, 3.05) is 10.6 Å². The lowest BCUT2D eigenvalue weighted by atomic mass is 10.2. The summed E-state index contributed by atoms with van der Waals surface area (Å²) in [5.74, 6) is -0.827. The molecule has 0 spiro atoms. The van der Waals surface area contributed by atoms with Gasteiger partial charge in [-0.3, -0.25) is 14.9 Å². The fraction of sp³-hybridized carbons (Fsp3) is 0. The van der Waals surface area contributed by atoms with Crippen molar-refractivity contribution >= 4 is 34.6 Å². The van der Waals surface area contributed by atoms with Crippen LogP contribution in [0.1, 0.15) is 0 Å². The zero-order valence-electron chi connectivity index (χ0n) is 12.6. The standard InChI is InChI=1S/C16H11ClN4O4/c17-12-6-5-11(7-14(12)21(24)25)20-16(23)10(8-18)9-19-13-3-1-2-4-15(13)22/h1-7,9,19,22H,(H,20,23)/b10-9-. The number of aromatic hydroxyl groups is 1. The van der Waals surface area contributed by atoms with Crippen molar-refractivity contribution in [1.82, 2.24) is 0 Å². The molecular weight excluding hydrogens is 348 g/mol. The summed E-state index contributed by atoms with van der Waals surface area (Å²) in [7, 11) is 0. The van der Waals surface area contributed by atoms with Crippen molar-refractivity contribution in [3.8, 4) is 11.8 Å². The quantitative estimate of drug-likeness (QED) is 0.247. The maximum absolute atomic E-state index is 12.1. The molecule has 8 nitrogen and oxygen atoms in total. The monoisotopic (exact) mass is 358 g/mol. The average molecular weight is 359 g/mol. The summed E-state index contributed by atoms with van der Waals surface area (Å²) in [5, 5.41) is 34.5. The van der Waals surface area contributed by atoms with E-state index in [0.717, 1.165) is 12.3 Å². The number of amides is 1. The molecule has 0 aromatic heterocycles. The number of nitriles is 1. The molecule has 0 unspecified atom stereocenters. The van der Waals surface area contributed by atoms with Crippen LogP contribution in [0.25, 0.3) is 0 Å². The van der Waals surface area contributed by atoms with Gasteiger partial charge in [-0.25, -0.2) is 0 Å². The molecule has 0 atom stereocenters. The number of phenolic OH excluding ortho intramolecular Hbond substituents is 1. The van der Waals surface area contributed by atoms with Gasteiger partial charge in [0.2, 0.25) is 0 Å². The molecule has 25 heavy (non-hydrogen) atoms. The molecule has 0 saturated heterocycles. The summed E-state index contributed by atoms with van der Waals surface area (Å²) in [6, 6.07) is 11.7. The number of phenols is 1. The van der Waals surface area contributed by atoms with Crippen LogP contribution in [0.4, 0.5) is 17.1 Å². The van der Waals surface area contributed by atoms with Crippen molar-refractivity contribution in [1.29, 1.82) is 5.26 Å². The number of benzene rings is 2. The van der Waals surface area contributed by atoms with E-state index in [0.29, 0.717) is 5.69 Å². The van der Waals surface area contributed by atoms with Crippen LogP contribution in [0, 0.1) is 21.4 Å². The number of nitro benzene ring substituents is 1. The topological polar surface area (TPSA) is 128 Å². The van der Waals surface area contributed by atoms with Gasteiger partial charge in [0.05, 0.1) is 10.6 Å². The SMILES string of the molecule is N#C/C(=C/Nc1ccccc1O)C(=O)Nc1ccc(Cl)c([N+](=O)[O-])c1. The first-order chi connectivity index (χ1) is 11.9. The van der Waals surface area contributed by atoms with E-state index in [1.165, 1.54) is 18.2 Å². The minimum Gasteiger partial charge on any atom is -0.506 e. The highest BCUT2D eigenvalue weighted by Crippen LogP contribution is 2.27. The molecule has 0 bridgehead atoms. The minimum absolute atomic E-state index is 0.0511. The maximum Gasteiger partial charge on any atom is 0.289 e. The summed E-state index contributed by atoms with van der Waals surface area (Å²) in [4.78, 5) is 22.3. The molecule has 0 aliphatic heterocycles. The van der Waals surface area contributed by atoms with Crippen LogP contribution in [-0.4, -0.2) is 15.9 Å². The van der Waals surface area contributed by atoms with E-state index in [4.69, 9.17) is 16.9 Å². The Hall–Kier alpha value is -3.57. The number of nitrogens with one attached hydrogen (secondary N) is 2. The number of nitro groups is 1. The normalized spacial score (nSPS) is 10.6. The van der Waals surface area contributed by atoms with E-state index in [9.17, 15) is 20.0 Å². The van der Waals surface area contributed by atoms with E-state index in [2.05, 4.69) is 10.6 Å². The number of carbonyl (C=O) groups is 1. The number of hydrogen-bond donors (Lipinski definition) is 3. The smallest absolute Gasteiger partial charge is 0.289 e. The molecule has 0 fully saturated rings. The highest BCUT2D eigenvalue weighted by molar-refractivity contribution is 6.32. The third-order valence-corrected chi connectivity index (χ3v) is 3.36. The van der Waals surface area contributed by atoms with Crippen LogP contribution >= 0.6 is 11.6 Å². The van der Waals surface area contributed by atoms with E-state index in [1.54, 1.807) is 24.3 Å². The zero-order valence-corrected chi connectivity index (χ0v) is 13.3. The number of anilines is 2. The van der Waals surface area contributed by atoms with Crippen LogP contribution in [-0.2, 0) is 4.79 Å². The first kappa shape index (κ1) is 17.8. The molecule has 0 aliphatic carbocycles. The first-order valence-electron chi connectivity index (χ1n) is 6.82. The van der Waals surface area contributed by atoms with E-state index in [1.807, 2.05) is 0 Å². The van der Waals surface area contributed by atoms with Gasteiger partial charge in [0.15, 0.2) is 0 Å². The Morgan fingerprint density at radius 3 is 2.68 bits per heavy atom. The zero-order chi connectivity index (χ0) is 18.4. The second-order valence-electron chi connectivity index (χ2n) is 4.71. The lowest BCUT2D eigenvalue weighted by Crippen LogP contribution is -2.14. The average Bonchev–Trinajstić information content (AvgIpc) is 2.58. The predicted molar refractivity (Wildman–Crippen MR) is 92.2 cm³/mol. The van der Waals surface area contributed by atoms with E-state index in [-0.39, 0.29) is 27.7 Å². The Kier molecular flexibility index (Phi) is 5.55. The van der Waals surface area contributed by atoms with Crippen molar-refractivity contribution in [2.24, 2.45) is 0 Å². The molecule has 0 radical (unpaired) electrons. The molecule has 126 valence electrons. The molecule has 2 rings (SSSR count). The van der Waals surface area contributed by atoms with Gasteiger partial charge in [-0.05, 0) is 24.3 Å². The fourth-order valence-corrected chi connectivity index (χ4v) is 2.01. The van der Waals surface area contributed by atoms with Gasteiger partial charge in [-0.2, -0.15) is 5.26 Å². The number of carbonyl (C=O) groups excluding carboxylic acids is 1. The number of rotatable bonds is 5. The van der Waals surface area contributed by atoms with Crippen molar-refractivity contribution in [3.63, 3.8) is 0 Å². The molecule has 2 aromatic rings. The van der Waals surface area contributed by atoms with E-state index < -0.39 is 10.8 Å². The molecule has 0 heterocycles. The Morgan fingerprint density at radius 2 is 2.04 bits per heavy atom. The molecule has 2 aromatic carbocycles. The molecule has 3 N–H and O–H groups in total. The Balaban J connectivity index is 2.17. The number of para-hydroxylation sites is 2. The number of hydrogen-bond acceptors (Lipinski definition) is 6. The second-order valence-corrected chi connectivity index (χ2v) is 5.12. The number of nitrogens with zero attached hydrogens (tertiary/aromatic N) is 2. The summed E-state index contributed by atoms with van der Waals surface area (Å²) in [6.07, 6.45) is 1.12. The van der Waals surface area contributed by atoms with Crippen molar-refractivity contribution in [2.45, 2.75) is 0 Å². The Morgan fingerprint density at radius 1 is 1.32 bits per heavy atom. The van der Waals surface area contributed by atoms with Gasteiger partial charge in [0.1, 0.15) is 22.4 Å². The van der Waals surface area contributed by atoms with Gasteiger partial charge in [0.25, 0.3) is 11.6 Å². The molecular formula is C16H11ClN4O4. The predicted octanol–water partition coefficient (Wildman–Crippen LogP) is 3.41. The highest BCUT2D eigenvalue weighted by atomic mass is 35.5. The Bertz CT molecular complexity index is 905. The molecule has 9 heteroatoms. The van der Waals surface area contributed by atoms with Crippen molar-refractivity contribution < 1.29 is 14.8 Å². The van der Waals surface area contributed by atoms with Crippen LogP contribution < -0.4 is 10.6 Å². The van der Waals surface area contributed by atoms with Crippen LogP contribution in [0.5, 0.6) is 5.75 Å². The summed E-state index contributed by atoms with van der Waals surface area (Å²) < 4.78 is 0. The van der Waals surface area contributed by atoms with Crippen molar-refractivity contribution in [3.05, 3.63) is 69.4 Å². The van der Waals surface area contributed by atoms with Gasteiger partial charge >= 0.3 is 0 Å². The van der Waals surface area contributed by atoms with Gasteiger partial charge in [-0.1, -0.05) is 23.7 Å². The van der Waals surface area contributed by atoms with Gasteiger partial charge < -0.3 is 15.7 Å². The van der Waals surface area contributed by atoms with Gasteiger partial charge in [-0.15, -0.1) is 0 Å². The highest BCUT2D eigenvalue weighted by Gasteiger charge is 2.15. The third-order valence-electron chi connectivity index (χ3n) is 3.04. The molecule has 1 amide bonds. The summed E-state index contributed by atoms with van der Waals surface area (Å²) in [6.45, 7) is 0.